The van der Waals surface area contributed by atoms with Gasteiger partial charge in [-0.15, -0.1) is 0 Å². The number of nitrogens with one attached hydrogen (secondary N) is 1. The van der Waals surface area contributed by atoms with Gasteiger partial charge >= 0.3 is 6.03 Å². The predicted octanol–water partition coefficient (Wildman–Crippen LogP) is 6.41. The zero-order chi connectivity index (χ0) is 27.4. The van der Waals surface area contributed by atoms with E-state index in [2.05, 4.69) is 30.4 Å². The van der Waals surface area contributed by atoms with Crippen LogP contribution in [0.15, 0.2) is 60.9 Å². The second kappa shape index (κ2) is 9.77. The summed E-state index contributed by atoms with van der Waals surface area (Å²) in [4.78, 5) is 34.8. The van der Waals surface area contributed by atoms with Crippen LogP contribution >= 0.6 is 0 Å². The van der Waals surface area contributed by atoms with Crippen molar-refractivity contribution in [1.82, 2.24) is 19.2 Å². The van der Waals surface area contributed by atoms with Crippen molar-refractivity contribution in [3.63, 3.8) is 0 Å². The minimum Gasteiger partial charge on any atom is -0.331 e. The van der Waals surface area contributed by atoms with Crippen LogP contribution < -0.4 is 5.32 Å². The molecule has 2 aromatic carbocycles. The Hall–Kier alpha value is -4.20. The predicted molar refractivity (Wildman–Crippen MR) is 152 cm³/mol. The van der Waals surface area contributed by atoms with Gasteiger partial charge in [0.05, 0.1) is 17.3 Å². The molecule has 1 aliphatic carbocycles. The Morgan fingerprint density at radius 1 is 0.975 bits per heavy atom. The standard InChI is InChI=1S/C32H32FN5O2/c1-20-25-7-3-2-6-21(25)12-15-38(20)31(39)23-16-27(22-8-9-22)30-35-29(19-37(30)18-23)26-11-10-24(17-28(26)33)34-32(40)36-13-4-5-14-36/h2-3,6-7,10-11,16-20,22H,4-5,8-9,12-15H2,1H3,(H,34,40)/t20-/m1/s1. The Bertz CT molecular complexity index is 1640. The molecule has 0 unspecified atom stereocenters. The van der Waals surface area contributed by atoms with Gasteiger partial charge in [-0.25, -0.2) is 14.2 Å². The first-order chi connectivity index (χ1) is 19.5. The van der Waals surface area contributed by atoms with Crippen LogP contribution in [0.25, 0.3) is 16.9 Å². The van der Waals surface area contributed by atoms with E-state index in [0.29, 0.717) is 35.0 Å². The molecule has 2 aliphatic heterocycles. The van der Waals surface area contributed by atoms with Crippen LogP contribution in [0.3, 0.4) is 0 Å². The molecule has 1 saturated heterocycles. The first kappa shape index (κ1) is 24.8. The molecule has 4 heterocycles. The molecule has 4 aromatic rings. The Labute approximate surface area is 232 Å². The molecule has 2 fully saturated rings. The van der Waals surface area contributed by atoms with E-state index in [0.717, 1.165) is 56.4 Å². The number of nitrogens with zero attached hydrogens (tertiary/aromatic N) is 4. The number of hydrogen-bond acceptors (Lipinski definition) is 3. The van der Waals surface area contributed by atoms with Crippen molar-refractivity contribution in [3.05, 3.63) is 89.0 Å². The number of anilines is 1. The zero-order valence-corrected chi connectivity index (χ0v) is 22.6. The van der Waals surface area contributed by atoms with Crippen molar-refractivity contribution in [3.8, 4) is 11.3 Å². The van der Waals surface area contributed by atoms with E-state index in [4.69, 9.17) is 4.98 Å². The molecule has 1 N–H and O–H groups in total. The molecule has 0 radical (unpaired) electrons. The minimum absolute atomic E-state index is 0.00494. The molecule has 8 heteroatoms. The van der Waals surface area contributed by atoms with Gasteiger partial charge in [0, 0.05) is 43.3 Å². The maximum atomic E-state index is 15.3. The molecule has 0 spiro atoms. The fourth-order valence-electron chi connectivity index (χ4n) is 6.20. The van der Waals surface area contributed by atoms with Gasteiger partial charge in [0.15, 0.2) is 0 Å². The van der Waals surface area contributed by atoms with Crippen molar-refractivity contribution < 1.29 is 14.0 Å². The van der Waals surface area contributed by atoms with Crippen molar-refractivity contribution in [2.24, 2.45) is 0 Å². The average molecular weight is 538 g/mol. The third kappa shape index (κ3) is 4.41. The average Bonchev–Trinajstić information content (AvgIpc) is 3.47. The molecule has 40 heavy (non-hydrogen) atoms. The number of amides is 3. The van der Waals surface area contributed by atoms with Gasteiger partial charge in [-0.05, 0) is 85.9 Å². The molecule has 7 rings (SSSR count). The number of carbonyl (C=O) groups is 2. The van der Waals surface area contributed by atoms with Crippen molar-refractivity contribution in [1.29, 1.82) is 0 Å². The van der Waals surface area contributed by atoms with Crippen LogP contribution in [0.5, 0.6) is 0 Å². The largest absolute Gasteiger partial charge is 0.331 e. The lowest BCUT2D eigenvalue weighted by Crippen LogP contribution is -2.39. The quantitative estimate of drug-likeness (QED) is 0.327. The number of urea groups is 1. The first-order valence-corrected chi connectivity index (χ1v) is 14.2. The number of benzene rings is 2. The molecule has 204 valence electrons. The molecule has 2 aromatic heterocycles. The van der Waals surface area contributed by atoms with E-state index < -0.39 is 5.82 Å². The number of aromatic nitrogens is 2. The van der Waals surface area contributed by atoms with E-state index in [1.54, 1.807) is 23.2 Å². The smallest absolute Gasteiger partial charge is 0.321 e. The Kier molecular flexibility index (Phi) is 6.06. The normalized spacial score (nSPS) is 18.7. The van der Waals surface area contributed by atoms with Crippen LogP contribution in [-0.4, -0.2) is 50.8 Å². The Balaban J connectivity index is 1.19. The number of imidazole rings is 1. The highest BCUT2D eigenvalue weighted by molar-refractivity contribution is 5.95. The lowest BCUT2D eigenvalue weighted by Gasteiger charge is -2.35. The highest BCUT2D eigenvalue weighted by Crippen LogP contribution is 2.43. The van der Waals surface area contributed by atoms with Gasteiger partial charge in [-0.1, -0.05) is 24.3 Å². The molecular formula is C32H32FN5O2. The second-order valence-electron chi connectivity index (χ2n) is 11.3. The Morgan fingerprint density at radius 2 is 1.77 bits per heavy atom. The number of halogens is 1. The Morgan fingerprint density at radius 3 is 2.55 bits per heavy atom. The van der Waals surface area contributed by atoms with Crippen LogP contribution in [0.1, 0.15) is 71.6 Å². The van der Waals surface area contributed by atoms with Gasteiger partial charge < -0.3 is 19.5 Å². The lowest BCUT2D eigenvalue weighted by atomic mass is 9.93. The third-order valence-corrected chi connectivity index (χ3v) is 8.59. The summed E-state index contributed by atoms with van der Waals surface area (Å²) in [6.45, 7) is 4.22. The first-order valence-electron chi connectivity index (χ1n) is 14.2. The summed E-state index contributed by atoms with van der Waals surface area (Å²) in [5.41, 5.74) is 6.22. The summed E-state index contributed by atoms with van der Waals surface area (Å²) in [6.07, 6.45) is 8.58. The van der Waals surface area contributed by atoms with Crippen molar-refractivity contribution in [2.75, 3.05) is 25.0 Å². The molecule has 3 aliphatic rings. The zero-order valence-electron chi connectivity index (χ0n) is 22.6. The van der Waals surface area contributed by atoms with Crippen molar-refractivity contribution in [2.45, 2.75) is 51.0 Å². The molecule has 3 amide bonds. The highest BCUT2D eigenvalue weighted by Gasteiger charge is 2.32. The second-order valence-corrected chi connectivity index (χ2v) is 11.3. The molecule has 1 saturated carbocycles. The summed E-state index contributed by atoms with van der Waals surface area (Å²) < 4.78 is 17.2. The summed E-state index contributed by atoms with van der Waals surface area (Å²) >= 11 is 0. The van der Waals surface area contributed by atoms with Crippen molar-refractivity contribution >= 4 is 23.3 Å². The summed E-state index contributed by atoms with van der Waals surface area (Å²) in [7, 11) is 0. The number of likely N-dealkylation sites (tertiary alicyclic amines) is 1. The highest BCUT2D eigenvalue weighted by atomic mass is 19.1. The van der Waals surface area contributed by atoms with E-state index >= 15 is 4.39 Å². The summed E-state index contributed by atoms with van der Waals surface area (Å²) in [5, 5.41) is 2.80. The van der Waals surface area contributed by atoms with Gasteiger partial charge in [0.25, 0.3) is 5.91 Å². The summed E-state index contributed by atoms with van der Waals surface area (Å²) in [5.74, 6) is -0.0870. The van der Waals surface area contributed by atoms with E-state index in [9.17, 15) is 9.59 Å². The van der Waals surface area contributed by atoms with Gasteiger partial charge in [-0.3, -0.25) is 4.79 Å². The number of rotatable bonds is 4. The maximum absolute atomic E-state index is 15.3. The lowest BCUT2D eigenvalue weighted by molar-refractivity contribution is 0.0677. The number of hydrogen-bond donors (Lipinski definition) is 1. The number of carbonyl (C=O) groups excluding carboxylic acids is 2. The van der Waals surface area contributed by atoms with Gasteiger partial charge in [-0.2, -0.15) is 0 Å². The van der Waals surface area contributed by atoms with Crippen LogP contribution in [0, 0.1) is 5.82 Å². The van der Waals surface area contributed by atoms with E-state index in [1.165, 1.54) is 17.2 Å². The number of fused-ring (bicyclic) bond motifs is 2. The molecule has 7 nitrogen and oxygen atoms in total. The minimum atomic E-state index is -0.451. The van der Waals surface area contributed by atoms with Gasteiger partial charge in [0.2, 0.25) is 0 Å². The maximum Gasteiger partial charge on any atom is 0.321 e. The van der Waals surface area contributed by atoms with Crippen LogP contribution in [0.2, 0.25) is 0 Å². The van der Waals surface area contributed by atoms with Crippen LogP contribution in [0.4, 0.5) is 14.9 Å². The van der Waals surface area contributed by atoms with E-state index in [-0.39, 0.29) is 18.0 Å². The fraction of sp³-hybridized carbons (Fsp3) is 0.344. The molecule has 1 atom stereocenters. The topological polar surface area (TPSA) is 70.0 Å². The van der Waals surface area contributed by atoms with E-state index in [1.807, 2.05) is 27.6 Å². The van der Waals surface area contributed by atoms with Crippen LogP contribution in [-0.2, 0) is 6.42 Å². The molecular weight excluding hydrogens is 505 g/mol. The molecule has 0 bridgehead atoms. The SMILES string of the molecule is C[C@@H]1c2ccccc2CCN1C(=O)c1cc(C2CC2)c2nc(-c3ccc(NC(=O)N4CCCC4)cc3F)cn2c1. The third-order valence-electron chi connectivity index (χ3n) is 8.59. The number of pyridine rings is 1. The monoisotopic (exact) mass is 537 g/mol. The fourth-order valence-corrected chi connectivity index (χ4v) is 6.20. The van der Waals surface area contributed by atoms with Gasteiger partial charge in [0.1, 0.15) is 11.5 Å². The summed E-state index contributed by atoms with van der Waals surface area (Å²) in [6, 6.07) is 14.8.